The standard InChI is InChI=1S/C13H22N2O2S/c1-16-7-4-14-10-13(3-2-6-17-11-13)9-12-15-5-8-18-12/h5,8,14H,2-4,6-7,9-11H2,1H3. The van der Waals surface area contributed by atoms with E-state index < -0.39 is 0 Å². The van der Waals surface area contributed by atoms with E-state index in [4.69, 9.17) is 9.47 Å². The Balaban J connectivity index is 1.89. The Morgan fingerprint density at radius 1 is 1.61 bits per heavy atom. The molecular formula is C13H22N2O2S. The zero-order chi connectivity index (χ0) is 12.7. The Morgan fingerprint density at radius 2 is 2.56 bits per heavy atom. The van der Waals surface area contributed by atoms with E-state index in [0.717, 1.165) is 45.8 Å². The molecule has 102 valence electrons. The van der Waals surface area contributed by atoms with Crippen molar-refractivity contribution < 1.29 is 9.47 Å². The number of aromatic nitrogens is 1. The third kappa shape index (κ3) is 4.02. The molecule has 0 bridgehead atoms. The zero-order valence-corrected chi connectivity index (χ0v) is 11.8. The molecular weight excluding hydrogens is 248 g/mol. The van der Waals surface area contributed by atoms with Gasteiger partial charge in [-0.3, -0.25) is 0 Å². The number of methoxy groups -OCH3 is 1. The van der Waals surface area contributed by atoms with Gasteiger partial charge in [-0.25, -0.2) is 4.98 Å². The van der Waals surface area contributed by atoms with Gasteiger partial charge in [-0.1, -0.05) is 0 Å². The minimum absolute atomic E-state index is 0.212. The van der Waals surface area contributed by atoms with Crippen molar-refractivity contribution in [2.24, 2.45) is 5.41 Å². The minimum Gasteiger partial charge on any atom is -0.383 e. The molecule has 0 amide bonds. The Morgan fingerprint density at radius 3 is 3.22 bits per heavy atom. The summed E-state index contributed by atoms with van der Waals surface area (Å²) in [6.07, 6.45) is 5.27. The summed E-state index contributed by atoms with van der Waals surface area (Å²) in [7, 11) is 1.73. The number of nitrogens with zero attached hydrogens (tertiary/aromatic N) is 1. The molecule has 1 unspecified atom stereocenters. The predicted molar refractivity (Wildman–Crippen MR) is 73.0 cm³/mol. The number of ether oxygens (including phenoxy) is 2. The monoisotopic (exact) mass is 270 g/mol. The predicted octanol–water partition coefficient (Wildman–Crippen LogP) is 1.72. The van der Waals surface area contributed by atoms with Crippen LogP contribution in [0.25, 0.3) is 0 Å². The first-order chi connectivity index (χ1) is 8.85. The number of rotatable bonds is 7. The Kier molecular flexibility index (Phi) is 5.56. The molecule has 0 radical (unpaired) electrons. The van der Waals surface area contributed by atoms with Gasteiger partial charge < -0.3 is 14.8 Å². The molecule has 0 saturated carbocycles. The van der Waals surface area contributed by atoms with E-state index in [0.29, 0.717) is 0 Å². The van der Waals surface area contributed by atoms with Gasteiger partial charge in [0, 0.05) is 50.2 Å². The van der Waals surface area contributed by atoms with Gasteiger partial charge in [0.05, 0.1) is 18.2 Å². The molecule has 1 aromatic rings. The zero-order valence-electron chi connectivity index (χ0n) is 11.0. The van der Waals surface area contributed by atoms with Crippen LogP contribution in [-0.2, 0) is 15.9 Å². The molecule has 4 nitrogen and oxygen atoms in total. The third-order valence-electron chi connectivity index (χ3n) is 3.40. The summed E-state index contributed by atoms with van der Waals surface area (Å²) in [4.78, 5) is 4.41. The van der Waals surface area contributed by atoms with Crippen LogP contribution in [0.4, 0.5) is 0 Å². The summed E-state index contributed by atoms with van der Waals surface area (Å²) in [5.74, 6) is 0. The lowest BCUT2D eigenvalue weighted by molar-refractivity contribution is -0.00772. The van der Waals surface area contributed by atoms with Gasteiger partial charge in [0.1, 0.15) is 0 Å². The van der Waals surface area contributed by atoms with E-state index in [-0.39, 0.29) is 5.41 Å². The molecule has 1 saturated heterocycles. The lowest BCUT2D eigenvalue weighted by Gasteiger charge is -2.36. The smallest absolute Gasteiger partial charge is 0.0931 e. The van der Waals surface area contributed by atoms with Crippen molar-refractivity contribution in [2.75, 3.05) is 40.0 Å². The summed E-state index contributed by atoms with van der Waals surface area (Å²) in [5.41, 5.74) is 0.212. The van der Waals surface area contributed by atoms with Gasteiger partial charge in [0.2, 0.25) is 0 Å². The molecule has 1 aliphatic rings. The fourth-order valence-electron chi connectivity index (χ4n) is 2.44. The van der Waals surface area contributed by atoms with Crippen LogP contribution in [-0.4, -0.2) is 45.0 Å². The molecule has 2 heterocycles. The van der Waals surface area contributed by atoms with Crippen LogP contribution >= 0.6 is 11.3 Å². The molecule has 1 fully saturated rings. The van der Waals surface area contributed by atoms with Crippen LogP contribution in [0.3, 0.4) is 0 Å². The molecule has 0 aliphatic carbocycles. The van der Waals surface area contributed by atoms with Crippen LogP contribution in [0.5, 0.6) is 0 Å². The minimum atomic E-state index is 0.212. The van der Waals surface area contributed by atoms with Crippen molar-refractivity contribution in [2.45, 2.75) is 19.3 Å². The average molecular weight is 270 g/mol. The largest absolute Gasteiger partial charge is 0.383 e. The molecule has 1 aromatic heterocycles. The first-order valence-electron chi connectivity index (χ1n) is 6.50. The van der Waals surface area contributed by atoms with E-state index in [1.807, 2.05) is 11.6 Å². The Hall–Kier alpha value is -0.490. The topological polar surface area (TPSA) is 43.4 Å². The average Bonchev–Trinajstić information content (AvgIpc) is 2.89. The molecule has 1 aliphatic heterocycles. The van der Waals surface area contributed by atoms with Gasteiger partial charge in [-0.15, -0.1) is 11.3 Å². The highest BCUT2D eigenvalue weighted by atomic mass is 32.1. The highest BCUT2D eigenvalue weighted by Crippen LogP contribution is 2.32. The summed E-state index contributed by atoms with van der Waals surface area (Å²) in [6.45, 7) is 4.38. The number of hydrogen-bond donors (Lipinski definition) is 1. The van der Waals surface area contributed by atoms with Crippen molar-refractivity contribution in [3.63, 3.8) is 0 Å². The fourth-order valence-corrected chi connectivity index (χ4v) is 3.23. The van der Waals surface area contributed by atoms with Crippen molar-refractivity contribution in [3.05, 3.63) is 16.6 Å². The van der Waals surface area contributed by atoms with Crippen LogP contribution in [0, 0.1) is 5.41 Å². The molecule has 2 rings (SSSR count). The lowest BCUT2D eigenvalue weighted by atomic mass is 9.79. The van der Waals surface area contributed by atoms with Gasteiger partial charge in [-0.05, 0) is 12.8 Å². The SMILES string of the molecule is COCCNCC1(Cc2nccs2)CCCOC1. The van der Waals surface area contributed by atoms with E-state index in [9.17, 15) is 0 Å². The van der Waals surface area contributed by atoms with Crippen molar-refractivity contribution >= 4 is 11.3 Å². The van der Waals surface area contributed by atoms with Crippen molar-refractivity contribution in [1.82, 2.24) is 10.3 Å². The highest BCUT2D eigenvalue weighted by Gasteiger charge is 2.33. The van der Waals surface area contributed by atoms with Crippen LogP contribution in [0.15, 0.2) is 11.6 Å². The lowest BCUT2D eigenvalue weighted by Crippen LogP contribution is -2.43. The molecule has 1 N–H and O–H groups in total. The van der Waals surface area contributed by atoms with Crippen LogP contribution in [0.1, 0.15) is 17.8 Å². The van der Waals surface area contributed by atoms with Crippen LogP contribution in [0.2, 0.25) is 0 Å². The molecule has 1 atom stereocenters. The molecule has 18 heavy (non-hydrogen) atoms. The second-order valence-corrected chi connectivity index (χ2v) is 5.91. The Labute approximate surface area is 113 Å². The molecule has 0 aromatic carbocycles. The summed E-state index contributed by atoms with van der Waals surface area (Å²) < 4.78 is 10.8. The third-order valence-corrected chi connectivity index (χ3v) is 4.18. The van der Waals surface area contributed by atoms with Crippen molar-refractivity contribution in [3.8, 4) is 0 Å². The summed E-state index contributed by atoms with van der Waals surface area (Å²) >= 11 is 1.74. The van der Waals surface area contributed by atoms with Gasteiger partial charge in [0.15, 0.2) is 0 Å². The second-order valence-electron chi connectivity index (χ2n) is 4.93. The maximum atomic E-state index is 5.70. The summed E-state index contributed by atoms with van der Waals surface area (Å²) in [6, 6.07) is 0. The maximum Gasteiger partial charge on any atom is 0.0931 e. The van der Waals surface area contributed by atoms with Crippen molar-refractivity contribution in [1.29, 1.82) is 0 Å². The van der Waals surface area contributed by atoms with Gasteiger partial charge >= 0.3 is 0 Å². The Bertz CT molecular complexity index is 324. The molecule has 0 spiro atoms. The highest BCUT2D eigenvalue weighted by molar-refractivity contribution is 7.09. The van der Waals surface area contributed by atoms with E-state index in [2.05, 4.69) is 10.3 Å². The second kappa shape index (κ2) is 7.19. The molecule has 5 heteroatoms. The van der Waals surface area contributed by atoms with Gasteiger partial charge in [-0.2, -0.15) is 0 Å². The normalized spacial score (nSPS) is 24.3. The first-order valence-corrected chi connectivity index (χ1v) is 7.38. The van der Waals surface area contributed by atoms with E-state index >= 15 is 0 Å². The number of nitrogens with one attached hydrogen (secondary N) is 1. The first kappa shape index (κ1) is 13.9. The van der Waals surface area contributed by atoms with E-state index in [1.165, 1.54) is 11.4 Å². The number of thiazole rings is 1. The quantitative estimate of drug-likeness (QED) is 0.766. The van der Waals surface area contributed by atoms with Crippen LogP contribution < -0.4 is 5.32 Å². The maximum absolute atomic E-state index is 5.70. The van der Waals surface area contributed by atoms with E-state index in [1.54, 1.807) is 18.4 Å². The fraction of sp³-hybridized carbons (Fsp3) is 0.769. The number of hydrogen-bond acceptors (Lipinski definition) is 5. The van der Waals surface area contributed by atoms with Gasteiger partial charge in [0.25, 0.3) is 0 Å². The summed E-state index contributed by atoms with van der Waals surface area (Å²) in [5, 5.41) is 6.74.